The molecular formula is C29H23Na3O10S2. The molecule has 0 radical (unpaired) electrons. The summed E-state index contributed by atoms with van der Waals surface area (Å²) in [6.07, 6.45) is -0.856. The third kappa shape index (κ3) is 8.24. The molecule has 0 amide bonds. The number of hydrogen-bond donors (Lipinski definition) is 4. The number of hydrogen-bond acceptors (Lipinski definition) is 10. The maximum Gasteiger partial charge on any atom is 1.00 e. The van der Waals surface area contributed by atoms with Gasteiger partial charge in [0, 0.05) is 18.6 Å². The van der Waals surface area contributed by atoms with Crippen LogP contribution in [0.15, 0.2) is 58.3 Å². The first kappa shape index (κ1) is 39.1. The minimum absolute atomic E-state index is 0. The number of rotatable bonds is 2. The Hall–Kier alpha value is -1.10. The molecule has 1 aliphatic rings. The third-order valence-corrected chi connectivity index (χ3v) is 8.75. The number of aryl methyl sites for hydroxylation is 1. The van der Waals surface area contributed by atoms with Crippen LogP contribution in [0.25, 0.3) is 0 Å². The maximum atomic E-state index is 12.0. The summed E-state index contributed by atoms with van der Waals surface area (Å²) in [5, 5.41) is 44.5. The average molecular weight is 665 g/mol. The van der Waals surface area contributed by atoms with Crippen LogP contribution in [0.2, 0.25) is 0 Å². The van der Waals surface area contributed by atoms with Gasteiger partial charge in [-0.3, -0.25) is 0 Å². The van der Waals surface area contributed by atoms with Crippen LogP contribution >= 0.6 is 0 Å². The second-order valence-corrected chi connectivity index (χ2v) is 12.8. The zero-order chi connectivity index (χ0) is 29.9. The third-order valence-electron chi connectivity index (χ3n) is 7.12. The Balaban J connectivity index is 0.00000225. The number of phenols is 4. The molecule has 0 aliphatic heterocycles. The van der Waals surface area contributed by atoms with Gasteiger partial charge in [-0.25, -0.2) is 16.8 Å². The molecule has 0 saturated carbocycles. The minimum atomic E-state index is -5.03. The Morgan fingerprint density at radius 1 is 0.523 bits per heavy atom. The van der Waals surface area contributed by atoms with E-state index in [4.69, 9.17) is 0 Å². The summed E-state index contributed by atoms with van der Waals surface area (Å²) in [7, 11) is -10.1. The van der Waals surface area contributed by atoms with Crippen LogP contribution in [0, 0.1) is 13.0 Å². The number of phenolic OH excluding ortho intramolecular Hbond substituents is 4. The summed E-state index contributed by atoms with van der Waals surface area (Å²) in [4.78, 5) is -1.37. The largest absolute Gasteiger partial charge is 1.00 e. The molecule has 4 aromatic carbocycles. The van der Waals surface area contributed by atoms with Crippen molar-refractivity contribution in [2.24, 2.45) is 0 Å². The van der Waals surface area contributed by atoms with Crippen molar-refractivity contribution in [1.29, 1.82) is 0 Å². The van der Waals surface area contributed by atoms with E-state index in [0.29, 0.717) is 16.7 Å². The van der Waals surface area contributed by atoms with E-state index in [-0.39, 0.29) is 147 Å². The van der Waals surface area contributed by atoms with Crippen molar-refractivity contribution in [3.63, 3.8) is 0 Å². The topological polar surface area (TPSA) is 195 Å². The smallest absolute Gasteiger partial charge is 0.744 e. The van der Waals surface area contributed by atoms with Gasteiger partial charge in [0.05, 0.1) is 9.79 Å². The van der Waals surface area contributed by atoms with Crippen LogP contribution in [0.4, 0.5) is 0 Å². The fourth-order valence-corrected chi connectivity index (χ4v) is 6.31. The molecule has 4 N–H and O–H groups in total. The monoisotopic (exact) mass is 664 g/mol. The van der Waals surface area contributed by atoms with Crippen LogP contribution in [0.1, 0.15) is 50.1 Å². The Labute approximate surface area is 321 Å². The van der Waals surface area contributed by atoms with Gasteiger partial charge in [0.25, 0.3) is 0 Å². The molecule has 0 unspecified atom stereocenters. The molecule has 0 heterocycles. The molecule has 214 valence electrons. The zero-order valence-electron chi connectivity index (χ0n) is 24.5. The van der Waals surface area contributed by atoms with Crippen LogP contribution < -0.4 is 88.7 Å². The second-order valence-electron chi connectivity index (χ2n) is 10.1. The van der Waals surface area contributed by atoms with E-state index in [0.717, 1.165) is 29.8 Å². The van der Waals surface area contributed by atoms with E-state index in [2.05, 4.69) is 6.07 Å². The molecule has 0 atom stereocenters. The van der Waals surface area contributed by atoms with Crippen molar-refractivity contribution in [2.45, 2.75) is 42.4 Å². The van der Waals surface area contributed by atoms with Gasteiger partial charge in [-0.15, -0.1) is 11.1 Å². The van der Waals surface area contributed by atoms with Crippen molar-refractivity contribution in [3.8, 4) is 23.0 Å². The van der Waals surface area contributed by atoms with Gasteiger partial charge in [-0.2, -0.15) is 18.2 Å². The molecule has 0 saturated heterocycles. The van der Waals surface area contributed by atoms with E-state index in [9.17, 15) is 46.4 Å². The van der Waals surface area contributed by atoms with E-state index >= 15 is 0 Å². The van der Waals surface area contributed by atoms with E-state index in [1.165, 1.54) is 12.1 Å². The fourth-order valence-electron chi connectivity index (χ4n) is 5.16. The summed E-state index contributed by atoms with van der Waals surface area (Å²) in [5.74, 6) is -1.23. The molecule has 0 spiro atoms. The Kier molecular flexibility index (Phi) is 13.1. The summed E-state index contributed by atoms with van der Waals surface area (Å²) in [5.41, 5.74) is 1.68. The van der Waals surface area contributed by atoms with Crippen molar-refractivity contribution in [3.05, 3.63) is 105 Å². The minimum Gasteiger partial charge on any atom is -0.744 e. The first-order valence-electron chi connectivity index (χ1n) is 12.2. The zero-order valence-corrected chi connectivity index (χ0v) is 32.1. The fraction of sp³-hybridized carbons (Fsp3) is 0.172. The molecule has 8 bridgehead atoms. The Bertz CT molecular complexity index is 1960. The standard InChI is InChI=1S/C29H25O10S2.3Na/c1-15-5-18-7-16-3-2-4-17(26(16)30)8-20-11-24(40(34,35)36)13-22(28(20)32)10-23-14-25(41(37,38)39)12-21(29(23)33)9-19(6-15)27(18)31;;;/h3-6,11-14,30-33H,7-10H2,1H3,(H,34,35,36)(H,37,38,39);;;/q-1;3*+1/p-2. The van der Waals surface area contributed by atoms with Crippen LogP contribution in [-0.4, -0.2) is 46.4 Å². The maximum absolute atomic E-state index is 12.0. The number of benzene rings is 4. The van der Waals surface area contributed by atoms with Gasteiger partial charge < -0.3 is 29.5 Å². The first-order valence-corrected chi connectivity index (χ1v) is 15.1. The van der Waals surface area contributed by atoms with E-state index in [1.807, 2.05) is 0 Å². The summed E-state index contributed by atoms with van der Waals surface area (Å²) in [6.45, 7) is 1.77. The van der Waals surface area contributed by atoms with Gasteiger partial charge in [-0.1, -0.05) is 17.7 Å². The molecule has 10 nitrogen and oxygen atoms in total. The molecule has 0 aromatic heterocycles. The van der Waals surface area contributed by atoms with Crippen LogP contribution in [0.5, 0.6) is 23.0 Å². The Morgan fingerprint density at radius 2 is 0.773 bits per heavy atom. The predicted molar refractivity (Wildman–Crippen MR) is 143 cm³/mol. The van der Waals surface area contributed by atoms with Gasteiger partial charge in [-0.05, 0) is 77.4 Å². The number of fused-ring (bicyclic) bond motifs is 8. The number of aromatic hydroxyl groups is 4. The first-order chi connectivity index (χ1) is 19.1. The van der Waals surface area contributed by atoms with E-state index in [1.54, 1.807) is 19.1 Å². The normalized spacial score (nSPS) is 12.7. The molecule has 5 rings (SSSR count). The molecule has 15 heteroatoms. The molecule has 0 fully saturated rings. The van der Waals surface area contributed by atoms with Crippen molar-refractivity contribution in [1.82, 2.24) is 0 Å². The summed E-state index contributed by atoms with van der Waals surface area (Å²) in [6, 6.07) is 12.9. The van der Waals surface area contributed by atoms with E-state index < -0.39 is 47.9 Å². The SMILES string of the molecule is Cc1cc2c(O)c(c1)Cc1cc(S(=O)(=O)[O-])cc(c1O)Cc1cc(S(=O)(=O)[O-])cc(c1O)Cc1c[c-]cc(c1O)C2.[Na+].[Na+].[Na+]. The van der Waals surface area contributed by atoms with Crippen molar-refractivity contribution < 1.29 is 135 Å². The Morgan fingerprint density at radius 3 is 1.07 bits per heavy atom. The average Bonchev–Trinajstić information content (AvgIpc) is 2.86. The molecule has 4 aromatic rings. The molecule has 44 heavy (non-hydrogen) atoms. The predicted octanol–water partition coefficient (Wildman–Crippen LogP) is -5.89. The molecular weight excluding hydrogens is 641 g/mol. The van der Waals surface area contributed by atoms with Gasteiger partial charge in [0.15, 0.2) is 0 Å². The second kappa shape index (κ2) is 14.8. The van der Waals surface area contributed by atoms with Gasteiger partial charge in [0.1, 0.15) is 37.5 Å². The van der Waals surface area contributed by atoms with Gasteiger partial charge >= 0.3 is 88.7 Å². The van der Waals surface area contributed by atoms with Crippen LogP contribution in [0.3, 0.4) is 0 Å². The van der Waals surface area contributed by atoms with Crippen LogP contribution in [-0.2, 0) is 45.9 Å². The molecule has 1 aliphatic carbocycles. The summed E-state index contributed by atoms with van der Waals surface area (Å²) >= 11 is 0. The van der Waals surface area contributed by atoms with Crippen molar-refractivity contribution >= 4 is 20.2 Å². The summed E-state index contributed by atoms with van der Waals surface area (Å²) < 4.78 is 72.0. The quantitative estimate of drug-likeness (QED) is 0.0802. The van der Waals surface area contributed by atoms with Crippen molar-refractivity contribution in [2.75, 3.05) is 0 Å². The van der Waals surface area contributed by atoms with Gasteiger partial charge in [0.2, 0.25) is 0 Å².